The minimum absolute atomic E-state index is 0.218. The van der Waals surface area contributed by atoms with Gasteiger partial charge in [0.2, 0.25) is 5.78 Å². The number of Topliss-reactive ketones (excluding diaryl/α,β-unsaturated/α-hetero) is 1. The summed E-state index contributed by atoms with van der Waals surface area (Å²) in [6.07, 6.45) is 7.27. The zero-order valence-corrected chi connectivity index (χ0v) is 11.6. The Balaban J connectivity index is 3.67. The van der Waals surface area contributed by atoms with Crippen LogP contribution in [0.4, 0.5) is 0 Å². The highest BCUT2D eigenvalue weighted by molar-refractivity contribution is 6.36. The normalized spacial score (nSPS) is 10.3. The first-order valence-corrected chi connectivity index (χ1v) is 6.99. The topological polar surface area (TPSA) is 37.4 Å². The van der Waals surface area contributed by atoms with Crippen LogP contribution in [-0.2, 0) is 9.59 Å². The van der Waals surface area contributed by atoms with Gasteiger partial charge in [-0.25, -0.2) is 0 Å². The highest BCUT2D eigenvalue weighted by Gasteiger charge is 2.17. The molecule has 1 amide bonds. The molecule has 0 aromatic carbocycles. The van der Waals surface area contributed by atoms with Crippen LogP contribution in [0.1, 0.15) is 65.7 Å². The number of nitrogens with zero attached hydrogens (tertiary/aromatic N) is 1. The van der Waals surface area contributed by atoms with E-state index in [0.29, 0.717) is 19.5 Å². The van der Waals surface area contributed by atoms with Crippen LogP contribution in [0.5, 0.6) is 0 Å². The second-order valence-corrected chi connectivity index (χ2v) is 4.42. The molecule has 0 rings (SSSR count). The van der Waals surface area contributed by atoms with E-state index in [0.717, 1.165) is 12.8 Å². The van der Waals surface area contributed by atoms with E-state index in [9.17, 15) is 9.59 Å². The van der Waals surface area contributed by atoms with Crippen molar-refractivity contribution in [1.82, 2.24) is 4.90 Å². The molecular weight excluding hydrogens is 214 g/mol. The molecule has 0 atom stereocenters. The predicted octanol–water partition coefficient (Wildman–Crippen LogP) is 3.17. The zero-order chi connectivity index (χ0) is 13.1. The Labute approximate surface area is 106 Å². The molecule has 0 fully saturated rings. The van der Waals surface area contributed by atoms with Crippen LogP contribution in [0, 0.1) is 0 Å². The van der Waals surface area contributed by atoms with Gasteiger partial charge < -0.3 is 4.90 Å². The number of hydrogen-bond donors (Lipinski definition) is 0. The monoisotopic (exact) mass is 241 g/mol. The van der Waals surface area contributed by atoms with E-state index in [4.69, 9.17) is 0 Å². The van der Waals surface area contributed by atoms with Crippen molar-refractivity contribution in [3.63, 3.8) is 0 Å². The number of carbonyl (C=O) groups is 2. The lowest BCUT2D eigenvalue weighted by molar-refractivity contribution is -0.144. The van der Waals surface area contributed by atoms with Crippen molar-refractivity contribution in [3.05, 3.63) is 0 Å². The first-order chi connectivity index (χ1) is 8.17. The lowest BCUT2D eigenvalue weighted by atomic mass is 10.1. The van der Waals surface area contributed by atoms with Crippen molar-refractivity contribution in [2.24, 2.45) is 0 Å². The molecule has 3 nitrogen and oxygen atoms in total. The molecule has 0 N–H and O–H groups in total. The molecule has 0 bridgehead atoms. The second kappa shape index (κ2) is 10.3. The first-order valence-electron chi connectivity index (χ1n) is 6.99. The smallest absolute Gasteiger partial charge is 0.289 e. The van der Waals surface area contributed by atoms with Crippen LogP contribution in [0.15, 0.2) is 0 Å². The Kier molecular flexibility index (Phi) is 9.78. The maximum atomic E-state index is 11.6. The van der Waals surface area contributed by atoms with Crippen molar-refractivity contribution >= 4 is 11.7 Å². The van der Waals surface area contributed by atoms with Gasteiger partial charge in [0.1, 0.15) is 0 Å². The molecule has 0 aromatic rings. The maximum Gasteiger partial charge on any atom is 0.289 e. The third-order valence-electron chi connectivity index (χ3n) is 3.05. The molecule has 0 saturated heterocycles. The van der Waals surface area contributed by atoms with Crippen molar-refractivity contribution < 1.29 is 9.59 Å². The van der Waals surface area contributed by atoms with E-state index < -0.39 is 0 Å². The van der Waals surface area contributed by atoms with E-state index >= 15 is 0 Å². The standard InChI is InChI=1S/C14H27NO2/c1-4-7-8-9-10-11-12-13(16)14(17)15(5-2)6-3/h4-12H2,1-3H3. The van der Waals surface area contributed by atoms with Gasteiger partial charge in [-0.15, -0.1) is 0 Å². The molecule has 0 aliphatic carbocycles. The summed E-state index contributed by atoms with van der Waals surface area (Å²) in [5.74, 6) is -0.521. The molecule has 0 heterocycles. The van der Waals surface area contributed by atoms with Crippen molar-refractivity contribution in [2.75, 3.05) is 13.1 Å². The van der Waals surface area contributed by atoms with Gasteiger partial charge in [-0.2, -0.15) is 0 Å². The largest absolute Gasteiger partial charge is 0.337 e. The molecular formula is C14H27NO2. The summed E-state index contributed by atoms with van der Waals surface area (Å²) in [4.78, 5) is 24.8. The van der Waals surface area contributed by atoms with Crippen molar-refractivity contribution in [1.29, 1.82) is 0 Å². The highest BCUT2D eigenvalue weighted by Crippen LogP contribution is 2.07. The molecule has 0 spiro atoms. The summed E-state index contributed by atoms with van der Waals surface area (Å²) in [7, 11) is 0. The van der Waals surface area contributed by atoms with Crippen LogP contribution >= 0.6 is 0 Å². The van der Waals surface area contributed by atoms with Crippen LogP contribution < -0.4 is 0 Å². The quantitative estimate of drug-likeness (QED) is 0.435. The van der Waals surface area contributed by atoms with E-state index in [1.54, 1.807) is 4.90 Å². The number of likely N-dealkylation sites (N-methyl/N-ethyl adjacent to an activating group) is 1. The summed E-state index contributed by atoms with van der Waals surface area (Å²) < 4.78 is 0. The molecule has 0 unspecified atom stereocenters. The Bertz CT molecular complexity index is 222. The van der Waals surface area contributed by atoms with Crippen molar-refractivity contribution in [3.8, 4) is 0 Å². The Morgan fingerprint density at radius 1 is 0.824 bits per heavy atom. The summed E-state index contributed by atoms with van der Waals surface area (Å²) >= 11 is 0. The SMILES string of the molecule is CCCCCCCCC(=O)C(=O)N(CC)CC. The zero-order valence-electron chi connectivity index (χ0n) is 11.6. The number of ketones is 1. The number of unbranched alkanes of at least 4 members (excludes halogenated alkanes) is 5. The van der Waals surface area contributed by atoms with Gasteiger partial charge in [0.15, 0.2) is 0 Å². The molecule has 0 radical (unpaired) electrons. The van der Waals surface area contributed by atoms with Gasteiger partial charge in [-0.1, -0.05) is 39.0 Å². The lowest BCUT2D eigenvalue weighted by Gasteiger charge is -2.17. The van der Waals surface area contributed by atoms with Crippen LogP contribution in [0.25, 0.3) is 0 Å². The molecule has 0 aliphatic rings. The van der Waals surface area contributed by atoms with Gasteiger partial charge in [0.05, 0.1) is 0 Å². The number of amides is 1. The number of hydrogen-bond acceptors (Lipinski definition) is 2. The summed E-state index contributed by atoms with van der Waals surface area (Å²) in [6, 6.07) is 0. The first kappa shape index (κ1) is 16.1. The summed E-state index contributed by atoms with van der Waals surface area (Å²) in [6.45, 7) is 7.24. The highest BCUT2D eigenvalue weighted by atomic mass is 16.2. The molecule has 100 valence electrons. The van der Waals surface area contributed by atoms with Crippen LogP contribution in [-0.4, -0.2) is 29.7 Å². The van der Waals surface area contributed by atoms with Gasteiger partial charge in [-0.05, 0) is 20.3 Å². The van der Waals surface area contributed by atoms with Gasteiger partial charge in [-0.3, -0.25) is 9.59 Å². The van der Waals surface area contributed by atoms with E-state index in [1.165, 1.54) is 25.7 Å². The van der Waals surface area contributed by atoms with Gasteiger partial charge in [0, 0.05) is 19.5 Å². The molecule has 0 saturated carbocycles. The molecule has 0 aliphatic heterocycles. The molecule has 3 heteroatoms. The summed E-state index contributed by atoms with van der Waals surface area (Å²) in [5, 5.41) is 0. The fraction of sp³-hybridized carbons (Fsp3) is 0.857. The van der Waals surface area contributed by atoms with E-state index in [1.807, 2.05) is 13.8 Å². The Hall–Kier alpha value is -0.860. The lowest BCUT2D eigenvalue weighted by Crippen LogP contribution is -2.36. The van der Waals surface area contributed by atoms with E-state index in [-0.39, 0.29) is 11.7 Å². The predicted molar refractivity (Wildman–Crippen MR) is 70.9 cm³/mol. The van der Waals surface area contributed by atoms with Gasteiger partial charge in [0.25, 0.3) is 5.91 Å². The fourth-order valence-corrected chi connectivity index (χ4v) is 1.86. The fourth-order valence-electron chi connectivity index (χ4n) is 1.86. The maximum absolute atomic E-state index is 11.6. The van der Waals surface area contributed by atoms with Crippen LogP contribution in [0.3, 0.4) is 0 Å². The Morgan fingerprint density at radius 3 is 1.88 bits per heavy atom. The van der Waals surface area contributed by atoms with E-state index in [2.05, 4.69) is 6.92 Å². The minimum Gasteiger partial charge on any atom is -0.337 e. The third kappa shape index (κ3) is 7.14. The summed E-state index contributed by atoms with van der Waals surface area (Å²) in [5.41, 5.74) is 0. The second-order valence-electron chi connectivity index (χ2n) is 4.42. The van der Waals surface area contributed by atoms with Crippen LogP contribution in [0.2, 0.25) is 0 Å². The number of rotatable bonds is 10. The third-order valence-corrected chi connectivity index (χ3v) is 3.05. The number of carbonyl (C=O) groups excluding carboxylic acids is 2. The average molecular weight is 241 g/mol. The average Bonchev–Trinajstić information content (AvgIpc) is 2.34. The molecule has 0 aromatic heterocycles. The Morgan fingerprint density at radius 2 is 1.35 bits per heavy atom. The molecule has 17 heavy (non-hydrogen) atoms. The van der Waals surface area contributed by atoms with Gasteiger partial charge >= 0.3 is 0 Å². The minimum atomic E-state index is -0.302. The van der Waals surface area contributed by atoms with Crippen molar-refractivity contribution in [2.45, 2.75) is 65.7 Å².